The molecule has 0 saturated heterocycles. The molecule has 1 aliphatic rings. The van der Waals surface area contributed by atoms with Crippen molar-refractivity contribution in [3.05, 3.63) is 60.7 Å². The van der Waals surface area contributed by atoms with E-state index in [1.54, 1.807) is 16.7 Å². The van der Waals surface area contributed by atoms with E-state index in [9.17, 15) is 9.59 Å². The average Bonchev–Trinajstić information content (AvgIpc) is 3.58. The highest BCUT2D eigenvalue weighted by atomic mass is 16.5. The Kier molecular flexibility index (Phi) is 6.25. The number of carbonyl (C=O) groups is 2. The molecule has 7 heteroatoms. The van der Waals surface area contributed by atoms with E-state index in [0.29, 0.717) is 5.82 Å². The van der Waals surface area contributed by atoms with Gasteiger partial charge in [-0.15, -0.1) is 0 Å². The second-order valence-corrected chi connectivity index (χ2v) is 8.27. The molecule has 2 amide bonds. The minimum absolute atomic E-state index is 0.0153. The van der Waals surface area contributed by atoms with Crippen molar-refractivity contribution >= 4 is 17.6 Å². The first-order chi connectivity index (χ1) is 15.5. The number of benzene rings is 2. The topological polar surface area (TPSA) is 76.5 Å². The molecule has 1 aliphatic carbocycles. The number of methoxy groups -OCH3 is 1. The second-order valence-electron chi connectivity index (χ2n) is 8.27. The maximum absolute atomic E-state index is 12.9. The zero-order valence-electron chi connectivity index (χ0n) is 18.6. The van der Waals surface area contributed by atoms with Crippen molar-refractivity contribution < 1.29 is 14.3 Å². The highest BCUT2D eigenvalue weighted by Crippen LogP contribution is 2.31. The van der Waals surface area contributed by atoms with Gasteiger partial charge in [-0.3, -0.25) is 9.59 Å². The van der Waals surface area contributed by atoms with Crippen LogP contribution in [0.4, 0.5) is 5.82 Å². The van der Waals surface area contributed by atoms with Crippen LogP contribution in [0.15, 0.2) is 60.7 Å². The fourth-order valence-corrected chi connectivity index (χ4v) is 3.56. The Morgan fingerprint density at radius 3 is 2.41 bits per heavy atom. The first-order valence-electron chi connectivity index (χ1n) is 10.9. The number of nitrogens with one attached hydrogen (secondary N) is 1. The highest BCUT2D eigenvalue weighted by molar-refractivity contribution is 5.95. The first-order valence-corrected chi connectivity index (χ1v) is 10.9. The van der Waals surface area contributed by atoms with Crippen LogP contribution in [0.25, 0.3) is 16.9 Å². The van der Waals surface area contributed by atoms with Gasteiger partial charge in [0.2, 0.25) is 11.8 Å². The predicted molar refractivity (Wildman–Crippen MR) is 124 cm³/mol. The fraction of sp³-hybridized carbons (Fsp3) is 0.320. The van der Waals surface area contributed by atoms with Gasteiger partial charge in [-0.1, -0.05) is 30.3 Å². The number of nitrogens with zero attached hydrogens (tertiary/aromatic N) is 3. The summed E-state index contributed by atoms with van der Waals surface area (Å²) in [4.78, 5) is 27.2. The van der Waals surface area contributed by atoms with Crippen LogP contribution >= 0.6 is 0 Å². The van der Waals surface area contributed by atoms with Crippen LogP contribution in [-0.2, 0) is 9.59 Å². The number of rotatable bonds is 8. The molecular weight excluding hydrogens is 404 g/mol. The molecule has 166 valence electrons. The number of aromatic nitrogens is 2. The summed E-state index contributed by atoms with van der Waals surface area (Å²) >= 11 is 0. The first kappa shape index (κ1) is 21.6. The van der Waals surface area contributed by atoms with E-state index >= 15 is 0 Å². The number of hydrogen-bond acceptors (Lipinski definition) is 4. The van der Waals surface area contributed by atoms with Crippen molar-refractivity contribution in [1.82, 2.24) is 14.7 Å². The average molecular weight is 433 g/mol. The van der Waals surface area contributed by atoms with Gasteiger partial charge in [0.1, 0.15) is 18.1 Å². The molecule has 0 aliphatic heterocycles. The summed E-state index contributed by atoms with van der Waals surface area (Å²) in [7, 11) is 1.62. The Bertz CT molecular complexity index is 1090. The Hall–Kier alpha value is -3.61. The quantitative estimate of drug-likeness (QED) is 0.581. The summed E-state index contributed by atoms with van der Waals surface area (Å²) in [6.45, 7) is 3.88. The van der Waals surface area contributed by atoms with Gasteiger partial charge in [-0.2, -0.15) is 5.10 Å². The lowest BCUT2D eigenvalue weighted by atomic mass is 10.1. The lowest BCUT2D eigenvalue weighted by molar-refractivity contribution is -0.137. The second kappa shape index (κ2) is 9.26. The molecule has 1 N–H and O–H groups in total. The van der Waals surface area contributed by atoms with Crippen molar-refractivity contribution in [3.63, 3.8) is 0 Å². The van der Waals surface area contributed by atoms with E-state index in [4.69, 9.17) is 9.84 Å². The SMILES string of the molecule is COc1ccc(-n2nc(-c3ccccc3)cc2NC(=O)CN(C(=O)C2CC2)C(C)C)cc1. The van der Waals surface area contributed by atoms with Crippen molar-refractivity contribution in [2.75, 3.05) is 19.0 Å². The van der Waals surface area contributed by atoms with Crippen LogP contribution in [0.5, 0.6) is 5.75 Å². The summed E-state index contributed by atoms with van der Waals surface area (Å²) in [6, 6.07) is 19.1. The summed E-state index contributed by atoms with van der Waals surface area (Å²) in [5.74, 6) is 1.16. The maximum Gasteiger partial charge on any atom is 0.245 e. The molecule has 1 heterocycles. The molecule has 0 unspecified atom stereocenters. The van der Waals surface area contributed by atoms with E-state index in [0.717, 1.165) is 35.5 Å². The molecule has 7 nitrogen and oxygen atoms in total. The molecule has 1 saturated carbocycles. The molecule has 0 atom stereocenters. The molecule has 1 fully saturated rings. The molecule has 0 radical (unpaired) electrons. The highest BCUT2D eigenvalue weighted by Gasteiger charge is 2.35. The van der Waals surface area contributed by atoms with Crippen LogP contribution in [0.2, 0.25) is 0 Å². The minimum Gasteiger partial charge on any atom is -0.497 e. The number of hydrogen-bond donors (Lipinski definition) is 1. The van der Waals surface area contributed by atoms with Crippen molar-refractivity contribution in [2.24, 2.45) is 5.92 Å². The Labute approximate surface area is 188 Å². The zero-order valence-corrected chi connectivity index (χ0v) is 18.6. The van der Waals surface area contributed by atoms with Gasteiger partial charge < -0.3 is 15.0 Å². The lowest BCUT2D eigenvalue weighted by Gasteiger charge is -2.26. The normalized spacial score (nSPS) is 13.1. The van der Waals surface area contributed by atoms with E-state index < -0.39 is 0 Å². The van der Waals surface area contributed by atoms with Crippen LogP contribution in [0.1, 0.15) is 26.7 Å². The van der Waals surface area contributed by atoms with E-state index in [1.165, 1.54) is 0 Å². The third kappa shape index (κ3) is 4.82. The monoisotopic (exact) mass is 432 g/mol. The zero-order chi connectivity index (χ0) is 22.7. The van der Waals surface area contributed by atoms with Gasteiger partial charge >= 0.3 is 0 Å². The van der Waals surface area contributed by atoms with Crippen molar-refractivity contribution in [3.8, 4) is 22.7 Å². The smallest absolute Gasteiger partial charge is 0.245 e. The van der Waals surface area contributed by atoms with Gasteiger partial charge in [-0.05, 0) is 51.0 Å². The van der Waals surface area contributed by atoms with Gasteiger partial charge in [0.05, 0.1) is 18.5 Å². The van der Waals surface area contributed by atoms with Gasteiger partial charge in [-0.25, -0.2) is 4.68 Å². The van der Waals surface area contributed by atoms with Gasteiger partial charge in [0.25, 0.3) is 0 Å². The minimum atomic E-state index is -0.248. The predicted octanol–water partition coefficient (Wildman–Crippen LogP) is 4.13. The molecule has 2 aromatic carbocycles. The lowest BCUT2D eigenvalue weighted by Crippen LogP contribution is -2.43. The van der Waals surface area contributed by atoms with Gasteiger partial charge in [0, 0.05) is 23.6 Å². The molecule has 0 bridgehead atoms. The van der Waals surface area contributed by atoms with E-state index in [2.05, 4.69) is 5.32 Å². The maximum atomic E-state index is 12.9. The third-order valence-electron chi connectivity index (χ3n) is 5.51. The third-order valence-corrected chi connectivity index (χ3v) is 5.51. The number of ether oxygens (including phenoxy) is 1. The largest absolute Gasteiger partial charge is 0.497 e. The molecular formula is C25H28N4O3. The van der Waals surface area contributed by atoms with Crippen molar-refractivity contribution in [2.45, 2.75) is 32.7 Å². The number of anilines is 1. The van der Waals surface area contributed by atoms with Crippen molar-refractivity contribution in [1.29, 1.82) is 0 Å². The van der Waals surface area contributed by atoms with Crippen LogP contribution in [-0.4, -0.2) is 46.2 Å². The Balaban J connectivity index is 1.61. The molecule has 4 rings (SSSR count). The molecule has 0 spiro atoms. The van der Waals surface area contributed by atoms with E-state index in [1.807, 2.05) is 74.5 Å². The van der Waals surface area contributed by atoms with Crippen LogP contribution in [0, 0.1) is 5.92 Å². The van der Waals surface area contributed by atoms with Gasteiger partial charge in [0.15, 0.2) is 0 Å². The molecule has 3 aromatic rings. The number of carbonyl (C=O) groups excluding carboxylic acids is 2. The number of amides is 2. The summed E-state index contributed by atoms with van der Waals surface area (Å²) in [5.41, 5.74) is 2.48. The Morgan fingerprint density at radius 1 is 1.12 bits per heavy atom. The van der Waals surface area contributed by atoms with E-state index in [-0.39, 0.29) is 30.3 Å². The fourth-order valence-electron chi connectivity index (χ4n) is 3.56. The standard InChI is InChI=1S/C25H28N4O3/c1-17(2)28(25(31)19-9-10-19)16-24(30)26-23-15-22(18-7-5-4-6-8-18)27-29(23)20-11-13-21(32-3)14-12-20/h4-8,11-15,17,19H,9-10,16H2,1-3H3,(H,26,30). The summed E-state index contributed by atoms with van der Waals surface area (Å²) < 4.78 is 6.95. The molecule has 32 heavy (non-hydrogen) atoms. The van der Waals surface area contributed by atoms with Crippen LogP contribution in [0.3, 0.4) is 0 Å². The summed E-state index contributed by atoms with van der Waals surface area (Å²) in [5, 5.41) is 7.69. The summed E-state index contributed by atoms with van der Waals surface area (Å²) in [6.07, 6.45) is 1.82. The van der Waals surface area contributed by atoms with Crippen LogP contribution < -0.4 is 10.1 Å². The molecule has 1 aromatic heterocycles. The Morgan fingerprint density at radius 2 is 1.81 bits per heavy atom.